The van der Waals surface area contributed by atoms with Crippen molar-refractivity contribution < 1.29 is 32.1 Å². The Hall–Kier alpha value is -2.57. The van der Waals surface area contributed by atoms with Gasteiger partial charge < -0.3 is 32.6 Å². The molecule has 0 saturated heterocycles. The molecule has 1 atom stereocenters. The normalized spacial score (nSPS) is 13.0. The number of aryl methyl sites for hydroxylation is 2. The van der Waals surface area contributed by atoms with Gasteiger partial charge in [0.2, 0.25) is 0 Å². The molecular weight excluding hydrogens is 382 g/mol. The molecule has 0 spiro atoms. The van der Waals surface area contributed by atoms with E-state index in [2.05, 4.69) is 9.97 Å². The number of hydrogen-bond donors (Lipinski definition) is 1. The van der Waals surface area contributed by atoms with Crippen LogP contribution in [0.15, 0.2) is 18.6 Å². The lowest BCUT2D eigenvalue weighted by atomic mass is 10.3. The summed E-state index contributed by atoms with van der Waals surface area (Å²) in [6.07, 6.45) is 5.40. The van der Waals surface area contributed by atoms with Gasteiger partial charge in [-0.05, 0) is 16.3 Å². The monoisotopic (exact) mass is 403 g/mol. The Morgan fingerprint density at radius 1 is 1.15 bits per heavy atom. The summed E-state index contributed by atoms with van der Waals surface area (Å²) in [5, 5.41) is 32.2. The van der Waals surface area contributed by atoms with Crippen molar-refractivity contribution in [3.05, 3.63) is 44.6 Å². The molecule has 27 heavy (non-hydrogen) atoms. The molecule has 150 valence electrons. The third-order valence-electron chi connectivity index (χ3n) is 4.17. The molecule has 0 bridgehead atoms. The average Bonchev–Trinajstić information content (AvgIpc) is 3.16. The maximum absolute atomic E-state index is 11.0. The molecular formula is C14H22ClN7O5. The zero-order valence-electron chi connectivity index (χ0n) is 15.1. The van der Waals surface area contributed by atoms with Gasteiger partial charge in [-0.25, -0.2) is 19.3 Å². The van der Waals surface area contributed by atoms with Gasteiger partial charge in [-0.15, -0.1) is 0 Å². The number of nitrogens with zero attached hydrogens (tertiary/aromatic N) is 7. The summed E-state index contributed by atoms with van der Waals surface area (Å²) >= 11 is 0. The van der Waals surface area contributed by atoms with Crippen LogP contribution in [0.2, 0.25) is 0 Å². The molecule has 0 saturated carbocycles. The summed E-state index contributed by atoms with van der Waals surface area (Å²) in [5.41, 5.74) is 0. The lowest BCUT2D eigenvalue weighted by Gasteiger charge is -2.24. The third kappa shape index (κ3) is 5.98. The van der Waals surface area contributed by atoms with Crippen molar-refractivity contribution in [1.29, 1.82) is 0 Å². The van der Waals surface area contributed by atoms with Crippen molar-refractivity contribution in [3.8, 4) is 0 Å². The van der Waals surface area contributed by atoms with Gasteiger partial charge in [-0.3, -0.25) is 0 Å². The molecule has 0 amide bonds. The fourth-order valence-electron chi connectivity index (χ4n) is 2.69. The van der Waals surface area contributed by atoms with Crippen LogP contribution in [0.5, 0.6) is 0 Å². The van der Waals surface area contributed by atoms with E-state index in [4.69, 9.17) is 0 Å². The van der Waals surface area contributed by atoms with Gasteiger partial charge in [0.15, 0.2) is 5.82 Å². The Balaban J connectivity index is 0.00000364. The number of imidazole rings is 2. The van der Waals surface area contributed by atoms with Crippen molar-refractivity contribution in [2.45, 2.75) is 32.9 Å². The van der Waals surface area contributed by atoms with Gasteiger partial charge in [-0.2, -0.15) is 4.65 Å². The van der Waals surface area contributed by atoms with Crippen LogP contribution >= 0.6 is 0 Å². The highest BCUT2D eigenvalue weighted by atomic mass is 35.5. The number of quaternary nitrogens is 1. The number of unbranched alkanes of at least 4 members (excludes halogenated alkanes) is 1. The second kappa shape index (κ2) is 9.39. The number of hydroxylamine groups is 3. The Morgan fingerprint density at radius 3 is 2.48 bits per heavy atom. The predicted molar refractivity (Wildman–Crippen MR) is 89.4 cm³/mol. The number of likely N-dealkylation sites (N-methyl/N-ethyl adjacent to an activating group) is 1. The largest absolute Gasteiger partial charge is 1.00 e. The molecule has 12 nitrogen and oxygen atoms in total. The molecule has 0 aliphatic heterocycles. The van der Waals surface area contributed by atoms with E-state index in [1.807, 2.05) is 0 Å². The number of halogens is 1. The third-order valence-corrected chi connectivity index (χ3v) is 4.17. The molecule has 2 aromatic rings. The summed E-state index contributed by atoms with van der Waals surface area (Å²) in [4.78, 5) is 28.4. The van der Waals surface area contributed by atoms with E-state index in [9.17, 15) is 25.4 Å². The van der Waals surface area contributed by atoms with Crippen molar-refractivity contribution >= 4 is 11.8 Å². The number of aromatic nitrogens is 4. The van der Waals surface area contributed by atoms with Crippen LogP contribution in [0.3, 0.4) is 0 Å². The lowest BCUT2D eigenvalue weighted by Crippen LogP contribution is -3.00. The standard InChI is InChI=1S/C14H22N7O5.ClH/c1-12-16-11-13(19(22)23)18(12)8-10-21(2,26)9-4-3-6-17-7-5-15-14(17)20(24)25;/h5,7,11,26H,3-4,6,8-10H2,1-2H3;1H/q+1;/p-1. The summed E-state index contributed by atoms with van der Waals surface area (Å²) in [6.45, 7) is 3.07. The smallest absolute Gasteiger partial charge is 0.434 e. The minimum absolute atomic E-state index is 0. The maximum Gasteiger partial charge on any atom is 0.434 e. The summed E-state index contributed by atoms with van der Waals surface area (Å²) in [5.74, 6) is 0.216. The molecule has 2 aromatic heterocycles. The van der Waals surface area contributed by atoms with Crippen LogP contribution in [-0.4, -0.2) is 58.9 Å². The Labute approximate surface area is 161 Å². The second-order valence-corrected chi connectivity index (χ2v) is 6.24. The first-order chi connectivity index (χ1) is 12.2. The number of nitro groups is 2. The first-order valence-corrected chi connectivity index (χ1v) is 8.10. The predicted octanol–water partition coefficient (Wildman–Crippen LogP) is -1.48. The molecule has 0 fully saturated rings. The van der Waals surface area contributed by atoms with Crippen molar-refractivity contribution in [3.63, 3.8) is 0 Å². The van der Waals surface area contributed by atoms with Crippen molar-refractivity contribution in [2.75, 3.05) is 20.1 Å². The first kappa shape index (κ1) is 22.5. The molecule has 0 radical (unpaired) electrons. The van der Waals surface area contributed by atoms with Crippen molar-refractivity contribution in [1.82, 2.24) is 19.1 Å². The quantitative estimate of drug-likeness (QED) is 0.221. The molecule has 0 aliphatic rings. The molecule has 1 N–H and O–H groups in total. The molecule has 13 heteroatoms. The van der Waals surface area contributed by atoms with Crippen LogP contribution in [0.4, 0.5) is 11.8 Å². The van der Waals surface area contributed by atoms with E-state index in [0.717, 1.165) is 0 Å². The minimum atomic E-state index is -0.535. The molecule has 0 aromatic carbocycles. The molecule has 1 unspecified atom stereocenters. The van der Waals surface area contributed by atoms with E-state index >= 15 is 0 Å². The van der Waals surface area contributed by atoms with Gasteiger partial charge in [0.25, 0.3) is 0 Å². The maximum atomic E-state index is 11.0. The van der Waals surface area contributed by atoms with E-state index in [1.54, 1.807) is 20.2 Å². The molecule has 0 aliphatic carbocycles. The van der Waals surface area contributed by atoms with Crippen LogP contribution in [0.25, 0.3) is 0 Å². The van der Waals surface area contributed by atoms with Gasteiger partial charge in [-0.1, -0.05) is 4.98 Å². The highest BCUT2D eigenvalue weighted by Gasteiger charge is 2.24. The Bertz CT molecular complexity index is 789. The van der Waals surface area contributed by atoms with Gasteiger partial charge in [0.05, 0.1) is 13.6 Å². The van der Waals surface area contributed by atoms with Crippen LogP contribution in [-0.2, 0) is 13.1 Å². The lowest BCUT2D eigenvalue weighted by molar-refractivity contribution is -1.09. The molecule has 2 heterocycles. The SMILES string of the molecule is Cc1ncc([N+](=O)[O-])n1CC[N+](C)(O)CCCCn1ccnc1[N+](=O)[O-].[Cl-]. The van der Waals surface area contributed by atoms with Gasteiger partial charge >= 0.3 is 11.8 Å². The van der Waals surface area contributed by atoms with Crippen LogP contribution in [0.1, 0.15) is 18.7 Å². The minimum Gasteiger partial charge on any atom is -1.00 e. The number of rotatable bonds is 10. The van der Waals surface area contributed by atoms with E-state index < -0.39 is 9.85 Å². The highest BCUT2D eigenvalue weighted by Crippen LogP contribution is 2.15. The molecule has 2 rings (SSSR count). The van der Waals surface area contributed by atoms with E-state index in [1.165, 1.54) is 21.5 Å². The van der Waals surface area contributed by atoms with Crippen LogP contribution in [0, 0.1) is 27.2 Å². The van der Waals surface area contributed by atoms with Crippen LogP contribution < -0.4 is 12.4 Å². The fourth-order valence-corrected chi connectivity index (χ4v) is 2.69. The van der Waals surface area contributed by atoms with Gasteiger partial charge in [0, 0.05) is 13.3 Å². The summed E-state index contributed by atoms with van der Waals surface area (Å²) < 4.78 is 2.61. The highest BCUT2D eigenvalue weighted by molar-refractivity contribution is 5.18. The second-order valence-electron chi connectivity index (χ2n) is 6.24. The van der Waals surface area contributed by atoms with E-state index in [0.29, 0.717) is 31.8 Å². The summed E-state index contributed by atoms with van der Waals surface area (Å²) in [6, 6.07) is 0. The fraction of sp³-hybridized carbons (Fsp3) is 0.571. The zero-order valence-corrected chi connectivity index (χ0v) is 15.8. The Morgan fingerprint density at radius 2 is 1.85 bits per heavy atom. The van der Waals surface area contributed by atoms with E-state index in [-0.39, 0.29) is 41.9 Å². The first-order valence-electron chi connectivity index (χ1n) is 8.10. The average molecular weight is 404 g/mol. The van der Waals surface area contributed by atoms with Gasteiger partial charge in [0.1, 0.15) is 38.2 Å². The summed E-state index contributed by atoms with van der Waals surface area (Å²) in [7, 11) is 1.62. The number of hydrogen-bond acceptors (Lipinski definition) is 7. The topological polar surface area (TPSA) is 142 Å². The van der Waals surface area contributed by atoms with Crippen molar-refractivity contribution in [2.24, 2.45) is 0 Å². The zero-order chi connectivity index (χ0) is 19.3. The Kier molecular flexibility index (Phi) is 7.82.